The third-order valence-electron chi connectivity index (χ3n) is 0.289. The van der Waals surface area contributed by atoms with Crippen molar-refractivity contribution < 1.29 is 53.6 Å². The number of carbonyl (C=O) groups excluding carboxylic acids is 1. The fourth-order valence-electron chi connectivity index (χ4n) is 0. The molecule has 0 amide bonds. The van der Waals surface area contributed by atoms with E-state index in [2.05, 4.69) is 0 Å². The molecule has 0 spiro atoms. The molecule has 0 aliphatic carbocycles. The molecule has 0 rings (SSSR count). The number of carboxylic acid groups (broad SMARTS) is 1. The van der Waals surface area contributed by atoms with Crippen molar-refractivity contribution >= 4 is 5.97 Å². The molecule has 0 aliphatic rings. The van der Waals surface area contributed by atoms with Crippen molar-refractivity contribution in [1.82, 2.24) is 0 Å². The number of rotatable bonds is 1. The van der Waals surface area contributed by atoms with Gasteiger partial charge in [0.25, 0.3) is 0 Å². The van der Waals surface area contributed by atoms with Crippen molar-refractivity contribution in [3.63, 3.8) is 0 Å². The Morgan fingerprint density at radius 1 is 1.62 bits per heavy atom. The third-order valence-corrected chi connectivity index (χ3v) is 0.289. The summed E-state index contributed by atoms with van der Waals surface area (Å²) in [6.07, 6.45) is 0.111. The Labute approximate surface area is 73.0 Å². The zero-order valence-corrected chi connectivity index (χ0v) is 8.66. The molecule has 0 radical (unpaired) electrons. The summed E-state index contributed by atoms with van der Waals surface area (Å²) in [5.74, 6) is -0.995. The van der Waals surface area contributed by atoms with Crippen LogP contribution in [0.3, 0.4) is 0 Å². The molecule has 0 unspecified atom stereocenters. The average Bonchev–Trinajstić information content (AvgIpc) is 1.38. The van der Waals surface area contributed by atoms with Gasteiger partial charge >= 0.3 is 25.8 Å². The van der Waals surface area contributed by atoms with Gasteiger partial charge in [-0.1, -0.05) is 6.92 Å². The maximum absolute atomic E-state index is 9.26. The van der Waals surface area contributed by atoms with E-state index in [0.29, 0.717) is 0 Å². The minimum Gasteiger partial charge on any atom is -2.00 e. The van der Waals surface area contributed by atoms with E-state index in [0.717, 1.165) is 0 Å². The molecule has 0 heterocycles. The van der Waals surface area contributed by atoms with Gasteiger partial charge in [-0.05, 0) is 6.42 Å². The maximum atomic E-state index is 9.26. The Balaban J connectivity index is -0.0000000267. The molecule has 0 saturated carbocycles. The van der Waals surface area contributed by atoms with E-state index >= 15 is 0 Å². The molecule has 0 aliphatic heterocycles. The van der Waals surface area contributed by atoms with Crippen LogP contribution >= 0.6 is 0 Å². The zero-order valence-electron chi connectivity index (χ0n) is 4.31. The second-order valence-electron chi connectivity index (χ2n) is 0.726. The van der Waals surface area contributed by atoms with Gasteiger partial charge in [-0.25, -0.2) is 0 Å². The monoisotopic (exact) mass is 304 g/mol. The smallest absolute Gasteiger partial charge is 2.00 e. The maximum Gasteiger partial charge on any atom is 4.00 e. The van der Waals surface area contributed by atoms with Crippen LogP contribution in [-0.2, 0) is 36.1 Å². The van der Waals surface area contributed by atoms with Crippen LogP contribution < -0.4 is 17.5 Å². The third kappa shape index (κ3) is 30.7. The van der Waals surface area contributed by atoms with Crippen molar-refractivity contribution in [2.45, 2.75) is 13.3 Å². The molecule has 0 bridgehead atoms. The Morgan fingerprint density at radius 3 is 1.75 bits per heavy atom. The van der Waals surface area contributed by atoms with E-state index in [9.17, 15) is 9.90 Å². The molecular weight excluding hydrogens is 298 g/mol. The summed E-state index contributed by atoms with van der Waals surface area (Å²) in [6.45, 7) is 1.54. The van der Waals surface area contributed by atoms with Crippen LogP contribution in [0.2, 0.25) is 0 Å². The van der Waals surface area contributed by atoms with E-state index in [1.165, 1.54) is 6.92 Å². The van der Waals surface area contributed by atoms with Gasteiger partial charge in [-0.15, -0.1) is 0 Å². The van der Waals surface area contributed by atoms with Crippen molar-refractivity contribution in [1.29, 1.82) is 0 Å². The van der Waals surface area contributed by atoms with Crippen LogP contribution in [0.4, 0.5) is 0 Å². The van der Waals surface area contributed by atoms with Gasteiger partial charge in [-0.2, -0.15) is 0 Å². The molecule has 0 aromatic carbocycles. The van der Waals surface area contributed by atoms with Crippen molar-refractivity contribution in [2.24, 2.45) is 0 Å². The summed E-state index contributed by atoms with van der Waals surface area (Å²) in [5, 5.41) is 9.26. The first-order chi connectivity index (χ1) is 2.27. The SMILES string of the molecule is CCC(=O)[O-].[Cl-].[Hf+4].[O-2]. The minimum atomic E-state index is -0.995. The first-order valence-corrected chi connectivity index (χ1v) is 1.47. The van der Waals surface area contributed by atoms with Crippen LogP contribution in [0, 0.1) is 0 Å². The van der Waals surface area contributed by atoms with Crippen LogP contribution in [0.1, 0.15) is 13.3 Å². The molecule has 0 saturated heterocycles. The molecule has 3 nitrogen and oxygen atoms in total. The molecule has 0 aromatic heterocycles. The fraction of sp³-hybridized carbons (Fsp3) is 0.667. The van der Waals surface area contributed by atoms with Gasteiger partial charge in [0.15, 0.2) is 0 Å². The van der Waals surface area contributed by atoms with Crippen molar-refractivity contribution in [3.05, 3.63) is 0 Å². The summed E-state index contributed by atoms with van der Waals surface area (Å²) in [6, 6.07) is 0. The summed E-state index contributed by atoms with van der Waals surface area (Å²) in [7, 11) is 0. The number of aliphatic carboxylic acids is 1. The minimum absolute atomic E-state index is 0. The summed E-state index contributed by atoms with van der Waals surface area (Å²) < 4.78 is 0. The molecule has 0 aromatic rings. The van der Waals surface area contributed by atoms with Crippen LogP contribution in [-0.4, -0.2) is 5.97 Å². The second-order valence-corrected chi connectivity index (χ2v) is 0.726. The van der Waals surface area contributed by atoms with Crippen LogP contribution in [0.5, 0.6) is 0 Å². The Morgan fingerprint density at radius 2 is 1.75 bits per heavy atom. The van der Waals surface area contributed by atoms with Gasteiger partial charge in [0.2, 0.25) is 0 Å². The predicted octanol–water partition coefficient (Wildman–Crippen LogP) is -3.97. The number of carboxylic acids is 1. The molecule has 0 fully saturated rings. The van der Waals surface area contributed by atoms with E-state index in [-0.39, 0.29) is 50.1 Å². The zero-order chi connectivity index (χ0) is 4.28. The first-order valence-electron chi connectivity index (χ1n) is 1.47. The van der Waals surface area contributed by atoms with Crippen molar-refractivity contribution in [2.75, 3.05) is 0 Å². The van der Waals surface area contributed by atoms with Crippen LogP contribution in [0.15, 0.2) is 0 Å². The molecule has 46 valence electrons. The molecule has 5 heteroatoms. The topological polar surface area (TPSA) is 68.6 Å². The van der Waals surface area contributed by atoms with Gasteiger partial charge < -0.3 is 27.8 Å². The Bertz CT molecular complexity index is 49.8. The van der Waals surface area contributed by atoms with Gasteiger partial charge in [0.05, 0.1) is 0 Å². The van der Waals surface area contributed by atoms with E-state index < -0.39 is 5.97 Å². The average molecular weight is 303 g/mol. The van der Waals surface area contributed by atoms with Gasteiger partial charge in [-0.3, -0.25) is 0 Å². The number of halogens is 1. The van der Waals surface area contributed by atoms with Gasteiger partial charge in [0.1, 0.15) is 0 Å². The molecular formula is C3H5ClHfO3. The normalized spacial score (nSPS) is 4.62. The molecule has 8 heavy (non-hydrogen) atoms. The standard InChI is InChI=1S/C3H6O2.ClH.Hf.O/c1-2-3(4)5;;;/h2H2,1H3,(H,4,5);1H;;/q;;+4;-2/p-2. The predicted molar refractivity (Wildman–Crippen MR) is 16.0 cm³/mol. The Hall–Kier alpha value is 0.590. The second kappa shape index (κ2) is 15.6. The Kier molecular flexibility index (Phi) is 45.9. The first kappa shape index (κ1) is 23.5. The summed E-state index contributed by atoms with van der Waals surface area (Å²) in [5.41, 5.74) is 0. The van der Waals surface area contributed by atoms with E-state index in [1.54, 1.807) is 0 Å². The number of carbonyl (C=O) groups is 1. The van der Waals surface area contributed by atoms with Crippen LogP contribution in [0.25, 0.3) is 0 Å². The van der Waals surface area contributed by atoms with Gasteiger partial charge in [0, 0.05) is 5.97 Å². The number of hydrogen-bond acceptors (Lipinski definition) is 2. The fourth-order valence-corrected chi connectivity index (χ4v) is 0. The molecule has 0 N–H and O–H groups in total. The largest absolute Gasteiger partial charge is 4.00 e. The van der Waals surface area contributed by atoms with E-state index in [4.69, 9.17) is 0 Å². The summed E-state index contributed by atoms with van der Waals surface area (Å²) in [4.78, 5) is 9.26. The summed E-state index contributed by atoms with van der Waals surface area (Å²) >= 11 is 0. The molecule has 0 atom stereocenters. The van der Waals surface area contributed by atoms with Crippen molar-refractivity contribution in [3.8, 4) is 0 Å². The quantitative estimate of drug-likeness (QED) is 0.464. The number of hydrogen-bond donors (Lipinski definition) is 0. The van der Waals surface area contributed by atoms with E-state index in [1.807, 2.05) is 0 Å².